The Balaban J connectivity index is 2.16. The van der Waals surface area contributed by atoms with E-state index in [1.54, 1.807) is 24.3 Å². The highest BCUT2D eigenvalue weighted by molar-refractivity contribution is 7.91. The summed E-state index contributed by atoms with van der Waals surface area (Å²) in [5, 5.41) is 0. The van der Waals surface area contributed by atoms with Gasteiger partial charge in [-0.3, -0.25) is 4.72 Å². The summed E-state index contributed by atoms with van der Waals surface area (Å²) in [6.45, 7) is 3.87. The van der Waals surface area contributed by atoms with Crippen LogP contribution in [0.5, 0.6) is 0 Å². The molecule has 0 radical (unpaired) electrons. The number of nitrogen functional groups attached to an aromatic ring is 1. The molecule has 4 nitrogen and oxygen atoms in total. The highest BCUT2D eigenvalue weighted by Gasteiger charge is 2.12. The van der Waals surface area contributed by atoms with Gasteiger partial charge < -0.3 is 5.73 Å². The molecule has 2 aromatic carbocycles. The van der Waals surface area contributed by atoms with Gasteiger partial charge in [-0.2, -0.15) is 0 Å². The lowest BCUT2D eigenvalue weighted by Crippen LogP contribution is -2.15. The third-order valence-corrected chi connectivity index (χ3v) is 4.09. The van der Waals surface area contributed by atoms with Crippen molar-refractivity contribution >= 4 is 21.4 Å². The molecule has 0 saturated carbocycles. The summed E-state index contributed by atoms with van der Waals surface area (Å²) in [5.74, 6) is -0.0692. The molecule has 5 heteroatoms. The first-order valence-electron chi connectivity index (χ1n) is 6.27. The first-order chi connectivity index (χ1) is 9.34. The van der Waals surface area contributed by atoms with Crippen LogP contribution in [0.1, 0.15) is 16.7 Å². The standard InChI is InChI=1S/C15H18N2O2S/c1-11-7-12(2)9-15(8-11)17-20(18,19)10-13-3-5-14(16)6-4-13/h3-9,17H,10,16H2,1-2H3. The van der Waals surface area contributed by atoms with Crippen LogP contribution in [0.4, 0.5) is 11.4 Å². The largest absolute Gasteiger partial charge is 0.399 e. The minimum atomic E-state index is -3.42. The van der Waals surface area contributed by atoms with Crippen LogP contribution in [0.15, 0.2) is 42.5 Å². The molecule has 0 atom stereocenters. The van der Waals surface area contributed by atoms with E-state index in [0.717, 1.165) is 11.1 Å². The Labute approximate surface area is 119 Å². The second-order valence-electron chi connectivity index (χ2n) is 4.98. The quantitative estimate of drug-likeness (QED) is 0.850. The summed E-state index contributed by atoms with van der Waals surface area (Å²) in [6, 6.07) is 12.5. The second kappa shape index (κ2) is 5.54. The number of rotatable bonds is 4. The van der Waals surface area contributed by atoms with Crippen LogP contribution < -0.4 is 10.5 Å². The Morgan fingerprint density at radius 1 is 1.00 bits per heavy atom. The Bertz CT molecular complexity index is 687. The van der Waals surface area contributed by atoms with Gasteiger partial charge in [0, 0.05) is 11.4 Å². The normalized spacial score (nSPS) is 11.3. The van der Waals surface area contributed by atoms with Crippen molar-refractivity contribution in [2.24, 2.45) is 0 Å². The van der Waals surface area contributed by atoms with Crippen molar-refractivity contribution in [3.05, 3.63) is 59.2 Å². The van der Waals surface area contributed by atoms with Crippen molar-refractivity contribution in [2.75, 3.05) is 10.5 Å². The molecule has 0 heterocycles. The predicted octanol–water partition coefficient (Wildman–Crippen LogP) is 2.83. The van der Waals surface area contributed by atoms with Gasteiger partial charge in [0.25, 0.3) is 0 Å². The zero-order valence-corrected chi connectivity index (χ0v) is 12.4. The SMILES string of the molecule is Cc1cc(C)cc(NS(=O)(=O)Cc2ccc(N)cc2)c1. The van der Waals surface area contributed by atoms with E-state index in [1.165, 1.54) is 0 Å². The van der Waals surface area contributed by atoms with E-state index < -0.39 is 10.0 Å². The van der Waals surface area contributed by atoms with E-state index in [-0.39, 0.29) is 5.75 Å². The monoisotopic (exact) mass is 290 g/mol. The lowest BCUT2D eigenvalue weighted by Gasteiger charge is -2.10. The van der Waals surface area contributed by atoms with E-state index in [2.05, 4.69) is 4.72 Å². The van der Waals surface area contributed by atoms with Gasteiger partial charge in [0.15, 0.2) is 0 Å². The first kappa shape index (κ1) is 14.4. The molecular formula is C15H18N2O2S. The Morgan fingerprint density at radius 2 is 1.55 bits per heavy atom. The van der Waals surface area contributed by atoms with Gasteiger partial charge in [-0.05, 0) is 54.8 Å². The maximum absolute atomic E-state index is 12.1. The summed E-state index contributed by atoms with van der Waals surface area (Å²) < 4.78 is 26.9. The van der Waals surface area contributed by atoms with Crippen molar-refractivity contribution in [3.8, 4) is 0 Å². The Morgan fingerprint density at radius 3 is 2.10 bits per heavy atom. The maximum Gasteiger partial charge on any atom is 0.236 e. The van der Waals surface area contributed by atoms with Crippen LogP contribution in [0.2, 0.25) is 0 Å². The van der Waals surface area contributed by atoms with Gasteiger partial charge in [0.05, 0.1) is 5.75 Å². The summed E-state index contributed by atoms with van der Waals surface area (Å²) >= 11 is 0. The van der Waals surface area contributed by atoms with Crippen LogP contribution in [-0.4, -0.2) is 8.42 Å². The molecular weight excluding hydrogens is 272 g/mol. The van der Waals surface area contributed by atoms with Gasteiger partial charge in [-0.1, -0.05) is 18.2 Å². The van der Waals surface area contributed by atoms with Gasteiger partial charge in [0.2, 0.25) is 10.0 Å². The molecule has 3 N–H and O–H groups in total. The average Bonchev–Trinajstić information content (AvgIpc) is 2.29. The van der Waals surface area contributed by atoms with Crippen molar-refractivity contribution in [1.29, 1.82) is 0 Å². The third kappa shape index (κ3) is 3.99. The van der Waals surface area contributed by atoms with Crippen LogP contribution in [0, 0.1) is 13.8 Å². The molecule has 20 heavy (non-hydrogen) atoms. The smallest absolute Gasteiger partial charge is 0.236 e. The Kier molecular flexibility index (Phi) is 3.99. The Hall–Kier alpha value is -2.01. The predicted molar refractivity (Wildman–Crippen MR) is 83.0 cm³/mol. The van der Waals surface area contributed by atoms with Gasteiger partial charge in [-0.25, -0.2) is 8.42 Å². The molecule has 0 spiro atoms. The van der Waals surface area contributed by atoms with Crippen molar-refractivity contribution in [2.45, 2.75) is 19.6 Å². The zero-order chi connectivity index (χ0) is 14.8. The number of sulfonamides is 1. The number of aryl methyl sites for hydroxylation is 2. The number of anilines is 2. The van der Waals surface area contributed by atoms with Gasteiger partial charge in [0.1, 0.15) is 0 Å². The zero-order valence-electron chi connectivity index (χ0n) is 11.6. The van der Waals surface area contributed by atoms with Crippen LogP contribution in [-0.2, 0) is 15.8 Å². The fourth-order valence-corrected chi connectivity index (χ4v) is 3.26. The van der Waals surface area contributed by atoms with Crippen LogP contribution in [0.25, 0.3) is 0 Å². The number of nitrogens with one attached hydrogen (secondary N) is 1. The molecule has 0 aliphatic heterocycles. The summed E-state index contributed by atoms with van der Waals surface area (Å²) in [6.07, 6.45) is 0. The van der Waals surface area contributed by atoms with Crippen LogP contribution in [0.3, 0.4) is 0 Å². The fourth-order valence-electron chi connectivity index (χ4n) is 2.08. The topological polar surface area (TPSA) is 72.2 Å². The molecule has 0 unspecified atom stereocenters. The second-order valence-corrected chi connectivity index (χ2v) is 6.70. The average molecular weight is 290 g/mol. The highest BCUT2D eigenvalue weighted by atomic mass is 32.2. The summed E-state index contributed by atoms with van der Waals surface area (Å²) in [4.78, 5) is 0. The lowest BCUT2D eigenvalue weighted by atomic mass is 10.1. The molecule has 2 rings (SSSR count). The molecule has 0 aliphatic rings. The number of hydrogen-bond acceptors (Lipinski definition) is 3. The molecule has 106 valence electrons. The fraction of sp³-hybridized carbons (Fsp3) is 0.200. The van der Waals surface area contributed by atoms with Crippen molar-refractivity contribution in [3.63, 3.8) is 0 Å². The number of benzene rings is 2. The highest BCUT2D eigenvalue weighted by Crippen LogP contribution is 2.17. The first-order valence-corrected chi connectivity index (χ1v) is 7.92. The number of nitrogens with two attached hydrogens (primary N) is 1. The number of hydrogen-bond donors (Lipinski definition) is 2. The molecule has 0 aliphatic carbocycles. The molecule has 0 fully saturated rings. The molecule has 0 bridgehead atoms. The molecule has 0 amide bonds. The lowest BCUT2D eigenvalue weighted by molar-refractivity contribution is 0.600. The van der Waals surface area contributed by atoms with E-state index in [9.17, 15) is 8.42 Å². The minimum Gasteiger partial charge on any atom is -0.399 e. The molecule has 0 aromatic heterocycles. The molecule has 0 saturated heterocycles. The summed E-state index contributed by atoms with van der Waals surface area (Å²) in [7, 11) is -3.42. The van der Waals surface area contributed by atoms with Crippen molar-refractivity contribution in [1.82, 2.24) is 0 Å². The van der Waals surface area contributed by atoms with Gasteiger partial charge in [-0.15, -0.1) is 0 Å². The van der Waals surface area contributed by atoms with E-state index >= 15 is 0 Å². The van der Waals surface area contributed by atoms with Crippen LogP contribution >= 0.6 is 0 Å². The molecule has 2 aromatic rings. The van der Waals surface area contributed by atoms with E-state index in [1.807, 2.05) is 32.0 Å². The van der Waals surface area contributed by atoms with Gasteiger partial charge >= 0.3 is 0 Å². The minimum absolute atomic E-state index is 0.0692. The van der Waals surface area contributed by atoms with Crippen molar-refractivity contribution < 1.29 is 8.42 Å². The summed E-state index contributed by atoms with van der Waals surface area (Å²) in [5.41, 5.74) is 9.55. The maximum atomic E-state index is 12.1. The van der Waals surface area contributed by atoms with E-state index in [4.69, 9.17) is 5.73 Å². The van der Waals surface area contributed by atoms with E-state index in [0.29, 0.717) is 16.9 Å². The third-order valence-electron chi connectivity index (χ3n) is 2.83.